The van der Waals surface area contributed by atoms with Gasteiger partial charge in [0, 0.05) is 57.8 Å². The molecule has 1 aliphatic rings. The molecule has 1 N–H and O–H groups in total. The highest BCUT2D eigenvalue weighted by Gasteiger charge is 2.29. The highest BCUT2D eigenvalue weighted by Crippen LogP contribution is 2.28. The Kier molecular flexibility index (Phi) is 6.88. The summed E-state index contributed by atoms with van der Waals surface area (Å²) in [5.74, 6) is -0.436. The number of nitrogens with one attached hydrogen (secondary N) is 1. The summed E-state index contributed by atoms with van der Waals surface area (Å²) in [7, 11) is 0.0153. The van der Waals surface area contributed by atoms with Crippen LogP contribution < -0.4 is 10.2 Å². The van der Waals surface area contributed by atoms with Crippen LogP contribution in [-0.2, 0) is 14.8 Å². The summed E-state index contributed by atoms with van der Waals surface area (Å²) in [6.45, 7) is 2.68. The normalized spacial score (nSPS) is 14.9. The molecule has 2 aromatic rings. The van der Waals surface area contributed by atoms with E-state index in [9.17, 15) is 18.0 Å². The number of rotatable bonds is 5. The van der Waals surface area contributed by atoms with Crippen molar-refractivity contribution in [3.05, 3.63) is 53.1 Å². The van der Waals surface area contributed by atoms with Crippen molar-refractivity contribution in [2.24, 2.45) is 0 Å². The molecule has 2 aromatic carbocycles. The van der Waals surface area contributed by atoms with E-state index in [1.165, 1.54) is 35.5 Å². The minimum absolute atomic E-state index is 0.0652. The summed E-state index contributed by atoms with van der Waals surface area (Å²) in [6, 6.07) is 11.0. The first-order chi connectivity index (χ1) is 14.6. The first kappa shape index (κ1) is 23.1. The van der Waals surface area contributed by atoms with Crippen LogP contribution in [0.4, 0.5) is 11.4 Å². The number of nitrogens with zero attached hydrogens (tertiary/aromatic N) is 3. The van der Waals surface area contributed by atoms with Crippen molar-refractivity contribution in [1.29, 1.82) is 0 Å². The van der Waals surface area contributed by atoms with Gasteiger partial charge >= 0.3 is 0 Å². The predicted octanol–water partition coefficient (Wildman–Crippen LogP) is 2.51. The van der Waals surface area contributed by atoms with Crippen molar-refractivity contribution >= 4 is 44.8 Å². The SMILES string of the molecule is CC(=O)N1CCN(S(=O)(=O)c2ccc(C(=O)Nc3cc(Cl)ccc3N(C)C)cc2)CC1. The van der Waals surface area contributed by atoms with Gasteiger partial charge in [-0.3, -0.25) is 9.59 Å². The van der Waals surface area contributed by atoms with E-state index in [0.717, 1.165) is 5.69 Å². The van der Waals surface area contributed by atoms with E-state index >= 15 is 0 Å². The van der Waals surface area contributed by atoms with E-state index in [0.29, 0.717) is 29.4 Å². The number of amides is 2. The van der Waals surface area contributed by atoms with E-state index in [1.807, 2.05) is 19.0 Å². The van der Waals surface area contributed by atoms with Gasteiger partial charge in [0.2, 0.25) is 15.9 Å². The number of sulfonamides is 1. The highest BCUT2D eigenvalue weighted by molar-refractivity contribution is 7.89. The lowest BCUT2D eigenvalue weighted by atomic mass is 10.2. The molecule has 1 fully saturated rings. The number of hydrogen-bond acceptors (Lipinski definition) is 5. The molecule has 0 atom stereocenters. The number of hydrogen-bond donors (Lipinski definition) is 1. The molecule has 1 saturated heterocycles. The maximum absolute atomic E-state index is 12.9. The molecule has 8 nitrogen and oxygen atoms in total. The average molecular weight is 465 g/mol. The van der Waals surface area contributed by atoms with Gasteiger partial charge in [-0.2, -0.15) is 4.31 Å². The molecule has 10 heteroatoms. The van der Waals surface area contributed by atoms with Crippen LogP contribution in [0.2, 0.25) is 5.02 Å². The Morgan fingerprint density at radius 3 is 2.16 bits per heavy atom. The lowest BCUT2D eigenvalue weighted by Gasteiger charge is -2.33. The zero-order chi connectivity index (χ0) is 22.8. The van der Waals surface area contributed by atoms with E-state index in [1.54, 1.807) is 23.1 Å². The fourth-order valence-corrected chi connectivity index (χ4v) is 4.96. The lowest BCUT2D eigenvalue weighted by Crippen LogP contribution is -2.49. The maximum atomic E-state index is 12.9. The standard InChI is InChI=1S/C21H25ClN4O4S/c1-15(27)25-10-12-26(13-11-25)31(29,30)18-7-4-16(5-8-18)21(28)23-19-14-17(22)6-9-20(19)24(2)3/h4-9,14H,10-13H2,1-3H3,(H,23,28). The van der Waals surface area contributed by atoms with Gasteiger partial charge in [-0.15, -0.1) is 0 Å². The van der Waals surface area contributed by atoms with Crippen LogP contribution in [0.5, 0.6) is 0 Å². The third-order valence-electron chi connectivity index (χ3n) is 5.13. The third kappa shape index (κ3) is 5.17. The zero-order valence-electron chi connectivity index (χ0n) is 17.6. The number of carbonyl (C=O) groups is 2. The summed E-state index contributed by atoms with van der Waals surface area (Å²) < 4.78 is 27.1. The highest BCUT2D eigenvalue weighted by atomic mass is 35.5. The molecule has 0 spiro atoms. The van der Waals surface area contributed by atoms with Crippen molar-refractivity contribution in [1.82, 2.24) is 9.21 Å². The summed E-state index contributed by atoms with van der Waals surface area (Å²) in [5, 5.41) is 3.32. The zero-order valence-corrected chi connectivity index (χ0v) is 19.2. The smallest absolute Gasteiger partial charge is 0.255 e. The molecule has 0 saturated carbocycles. The maximum Gasteiger partial charge on any atom is 0.255 e. The van der Waals surface area contributed by atoms with Crippen LogP contribution in [0.25, 0.3) is 0 Å². The average Bonchev–Trinajstić information content (AvgIpc) is 2.73. The summed E-state index contributed by atoms with van der Waals surface area (Å²) in [6.07, 6.45) is 0. The molecule has 0 radical (unpaired) electrons. The lowest BCUT2D eigenvalue weighted by molar-refractivity contribution is -0.129. The minimum Gasteiger partial charge on any atom is -0.376 e. The molecule has 1 heterocycles. The fraction of sp³-hybridized carbons (Fsp3) is 0.333. The van der Waals surface area contributed by atoms with Crippen LogP contribution in [0.15, 0.2) is 47.4 Å². The molecule has 0 bridgehead atoms. The van der Waals surface area contributed by atoms with E-state index in [-0.39, 0.29) is 29.8 Å². The Morgan fingerprint density at radius 2 is 1.61 bits per heavy atom. The molecule has 31 heavy (non-hydrogen) atoms. The molecule has 2 amide bonds. The second-order valence-corrected chi connectivity index (χ2v) is 9.82. The summed E-state index contributed by atoms with van der Waals surface area (Å²) in [4.78, 5) is 27.7. The number of anilines is 2. The predicted molar refractivity (Wildman–Crippen MR) is 121 cm³/mol. The van der Waals surface area contributed by atoms with Crippen molar-refractivity contribution in [3.63, 3.8) is 0 Å². The van der Waals surface area contributed by atoms with Crippen LogP contribution >= 0.6 is 11.6 Å². The van der Waals surface area contributed by atoms with Crippen LogP contribution in [0, 0.1) is 0 Å². The first-order valence-electron chi connectivity index (χ1n) is 9.73. The Labute approximate surface area is 187 Å². The van der Waals surface area contributed by atoms with Crippen molar-refractivity contribution in [2.75, 3.05) is 50.5 Å². The van der Waals surface area contributed by atoms with Crippen LogP contribution in [-0.4, -0.2) is 69.7 Å². The Hall–Kier alpha value is -2.62. The Morgan fingerprint density at radius 1 is 1.00 bits per heavy atom. The van der Waals surface area contributed by atoms with Crippen molar-refractivity contribution in [3.8, 4) is 0 Å². The van der Waals surface area contributed by atoms with Gasteiger partial charge in [0.1, 0.15) is 0 Å². The molecule has 0 aromatic heterocycles. The molecular formula is C21H25ClN4O4S. The van der Waals surface area contributed by atoms with Crippen LogP contribution in [0.3, 0.4) is 0 Å². The van der Waals surface area contributed by atoms with Gasteiger partial charge in [0.15, 0.2) is 0 Å². The fourth-order valence-electron chi connectivity index (χ4n) is 3.36. The third-order valence-corrected chi connectivity index (χ3v) is 7.27. The number of carbonyl (C=O) groups excluding carboxylic acids is 2. The van der Waals surface area contributed by atoms with Gasteiger partial charge in [0.25, 0.3) is 5.91 Å². The molecule has 1 aliphatic heterocycles. The monoisotopic (exact) mass is 464 g/mol. The number of halogens is 1. The largest absolute Gasteiger partial charge is 0.376 e. The van der Waals surface area contributed by atoms with Crippen molar-refractivity contribution in [2.45, 2.75) is 11.8 Å². The van der Waals surface area contributed by atoms with Gasteiger partial charge in [-0.1, -0.05) is 11.6 Å². The van der Waals surface area contributed by atoms with E-state index < -0.39 is 10.0 Å². The first-order valence-corrected chi connectivity index (χ1v) is 11.6. The van der Waals surface area contributed by atoms with Crippen LogP contribution in [0.1, 0.15) is 17.3 Å². The van der Waals surface area contributed by atoms with E-state index in [2.05, 4.69) is 5.32 Å². The molecule has 0 aliphatic carbocycles. The van der Waals surface area contributed by atoms with Crippen molar-refractivity contribution < 1.29 is 18.0 Å². The molecular weight excluding hydrogens is 440 g/mol. The van der Waals surface area contributed by atoms with Gasteiger partial charge in [-0.25, -0.2) is 8.42 Å². The topological polar surface area (TPSA) is 90.0 Å². The number of benzene rings is 2. The van der Waals surface area contributed by atoms with Gasteiger partial charge in [-0.05, 0) is 42.5 Å². The Balaban J connectivity index is 1.74. The second kappa shape index (κ2) is 9.25. The molecule has 3 rings (SSSR count). The summed E-state index contributed by atoms with van der Waals surface area (Å²) in [5.41, 5.74) is 1.68. The Bertz CT molecular complexity index is 1080. The molecule has 0 unspecified atom stereocenters. The summed E-state index contributed by atoms with van der Waals surface area (Å²) >= 11 is 6.06. The quantitative estimate of drug-likeness (QED) is 0.734. The number of piperazine rings is 1. The minimum atomic E-state index is -3.70. The molecule has 166 valence electrons. The van der Waals surface area contributed by atoms with Gasteiger partial charge < -0.3 is 15.1 Å². The van der Waals surface area contributed by atoms with Gasteiger partial charge in [0.05, 0.1) is 16.3 Å². The van der Waals surface area contributed by atoms with E-state index in [4.69, 9.17) is 11.6 Å². The second-order valence-electron chi connectivity index (χ2n) is 7.44.